The van der Waals surface area contributed by atoms with Crippen LogP contribution in [-0.4, -0.2) is 25.0 Å². The van der Waals surface area contributed by atoms with Crippen LogP contribution in [0.1, 0.15) is 42.8 Å². The van der Waals surface area contributed by atoms with Crippen molar-refractivity contribution in [3.8, 4) is 0 Å². The number of nitrogens with two attached hydrogens (primary N) is 1. The molecule has 3 N–H and O–H groups in total. The molecule has 7 heteroatoms. The molecule has 0 aliphatic heterocycles. The topological polar surface area (TPSA) is 102 Å². The van der Waals surface area contributed by atoms with E-state index in [1.165, 1.54) is 5.56 Å². The lowest BCUT2D eigenvalue weighted by Crippen LogP contribution is -2.15. The molecule has 0 bridgehead atoms. The van der Waals surface area contributed by atoms with Crippen LogP contribution in [0.4, 0.5) is 5.69 Å². The summed E-state index contributed by atoms with van der Waals surface area (Å²) >= 11 is 0. The highest BCUT2D eigenvalue weighted by Crippen LogP contribution is 2.18. The van der Waals surface area contributed by atoms with Gasteiger partial charge in [-0.3, -0.25) is 4.79 Å². The van der Waals surface area contributed by atoms with Crippen molar-refractivity contribution >= 4 is 16.9 Å². The first kappa shape index (κ1) is 18.9. The number of hydrogen-bond acceptors (Lipinski definition) is 5. The molecule has 0 spiro atoms. The van der Waals surface area contributed by atoms with Crippen LogP contribution >= 0.6 is 0 Å². The Labute approximate surface area is 168 Å². The second-order valence-corrected chi connectivity index (χ2v) is 7.36. The van der Waals surface area contributed by atoms with Crippen LogP contribution in [0, 0.1) is 0 Å². The highest BCUT2D eigenvalue weighted by Gasteiger charge is 2.16. The number of nitrogen functional groups attached to an aromatic ring is 1. The molecule has 2 aromatic carbocycles. The summed E-state index contributed by atoms with van der Waals surface area (Å²) in [5, 5.41) is 8.26. The van der Waals surface area contributed by atoms with Gasteiger partial charge in [0.15, 0.2) is 11.2 Å². The monoisotopic (exact) mass is 388 g/mol. The van der Waals surface area contributed by atoms with Crippen LogP contribution in [0.15, 0.2) is 59.4 Å². The van der Waals surface area contributed by atoms with Gasteiger partial charge in [0.05, 0.1) is 6.04 Å². The second-order valence-electron chi connectivity index (χ2n) is 7.36. The van der Waals surface area contributed by atoms with Crippen molar-refractivity contribution in [1.29, 1.82) is 0 Å². The van der Waals surface area contributed by atoms with Crippen LogP contribution in [0.3, 0.4) is 0 Å². The second kappa shape index (κ2) is 8.26. The van der Waals surface area contributed by atoms with E-state index < -0.39 is 0 Å². The Hall–Kier alpha value is -3.48. The van der Waals surface area contributed by atoms with E-state index in [4.69, 9.17) is 5.73 Å². The van der Waals surface area contributed by atoms with E-state index in [0.29, 0.717) is 23.6 Å². The summed E-state index contributed by atoms with van der Waals surface area (Å²) in [6.07, 6.45) is 3.47. The number of H-pyrrole nitrogens is 1. The average molecular weight is 388 g/mol. The fourth-order valence-electron chi connectivity index (χ4n) is 3.46. The van der Waals surface area contributed by atoms with Crippen molar-refractivity contribution in [2.75, 3.05) is 5.73 Å². The molecule has 0 fully saturated rings. The number of nitrogens with zero attached hydrogens (tertiary/aromatic N) is 4. The predicted octanol–water partition coefficient (Wildman–Crippen LogP) is 3.27. The van der Waals surface area contributed by atoms with E-state index in [1.54, 1.807) is 4.68 Å². The van der Waals surface area contributed by atoms with Crippen molar-refractivity contribution in [1.82, 2.24) is 25.0 Å². The first-order chi connectivity index (χ1) is 14.1. The van der Waals surface area contributed by atoms with E-state index in [-0.39, 0.29) is 17.1 Å². The summed E-state index contributed by atoms with van der Waals surface area (Å²) < 4.78 is 1.77. The van der Waals surface area contributed by atoms with Gasteiger partial charge in [-0.1, -0.05) is 47.7 Å². The van der Waals surface area contributed by atoms with Gasteiger partial charge in [0.2, 0.25) is 0 Å². The average Bonchev–Trinajstić information content (AvgIpc) is 3.15. The highest BCUT2D eigenvalue weighted by atomic mass is 16.1. The lowest BCUT2D eigenvalue weighted by atomic mass is 10.1. The number of nitrogens with one attached hydrogen (secondary N) is 1. The summed E-state index contributed by atoms with van der Waals surface area (Å²) in [6.45, 7) is 2.08. The quantitative estimate of drug-likeness (QED) is 0.473. The minimum atomic E-state index is -0.261. The molecule has 4 rings (SSSR count). The Morgan fingerprint density at radius 2 is 1.83 bits per heavy atom. The van der Waals surface area contributed by atoms with Crippen LogP contribution in [0.25, 0.3) is 11.2 Å². The fraction of sp³-hybridized carbons (Fsp3) is 0.273. The lowest BCUT2D eigenvalue weighted by molar-refractivity contribution is 0.444. The molecule has 1 unspecified atom stereocenters. The minimum absolute atomic E-state index is 0.0994. The Morgan fingerprint density at radius 1 is 1.07 bits per heavy atom. The number of aryl methyl sites for hydroxylation is 1. The SMILES string of the molecule is CC(CCCc1ccccc1)n1nnc2c(=O)[nH]c(Cc3ccc(N)cc3)nc21. The van der Waals surface area contributed by atoms with Crippen molar-refractivity contribution in [3.63, 3.8) is 0 Å². The van der Waals surface area contributed by atoms with Crippen molar-refractivity contribution in [3.05, 3.63) is 81.9 Å². The van der Waals surface area contributed by atoms with Gasteiger partial charge in [0.25, 0.3) is 5.56 Å². The largest absolute Gasteiger partial charge is 0.399 e. The van der Waals surface area contributed by atoms with Gasteiger partial charge in [-0.2, -0.15) is 0 Å². The maximum Gasteiger partial charge on any atom is 0.281 e. The third kappa shape index (κ3) is 4.34. The molecule has 29 heavy (non-hydrogen) atoms. The molecule has 0 aliphatic rings. The van der Waals surface area contributed by atoms with Gasteiger partial charge < -0.3 is 10.7 Å². The van der Waals surface area contributed by atoms with Crippen LogP contribution in [0.5, 0.6) is 0 Å². The van der Waals surface area contributed by atoms with Gasteiger partial charge in [-0.05, 0) is 49.4 Å². The highest BCUT2D eigenvalue weighted by molar-refractivity contribution is 5.68. The number of aromatic nitrogens is 5. The van der Waals surface area contributed by atoms with Crippen LogP contribution in [0.2, 0.25) is 0 Å². The molecule has 0 saturated heterocycles. The number of benzene rings is 2. The zero-order chi connectivity index (χ0) is 20.2. The number of aromatic amines is 1. The van der Waals surface area contributed by atoms with Gasteiger partial charge in [0.1, 0.15) is 5.82 Å². The zero-order valence-corrected chi connectivity index (χ0v) is 16.4. The Morgan fingerprint density at radius 3 is 2.59 bits per heavy atom. The van der Waals surface area contributed by atoms with Crippen molar-refractivity contribution in [2.45, 2.75) is 38.6 Å². The molecule has 2 heterocycles. The molecule has 0 radical (unpaired) electrons. The molecule has 7 nitrogen and oxygen atoms in total. The summed E-state index contributed by atoms with van der Waals surface area (Å²) in [5.74, 6) is 0.590. The summed E-state index contributed by atoms with van der Waals surface area (Å²) in [6, 6.07) is 18.1. The molecule has 4 aromatic rings. The predicted molar refractivity (Wildman–Crippen MR) is 114 cm³/mol. The zero-order valence-electron chi connectivity index (χ0n) is 16.4. The Kier molecular flexibility index (Phi) is 5.37. The summed E-state index contributed by atoms with van der Waals surface area (Å²) in [7, 11) is 0. The fourth-order valence-corrected chi connectivity index (χ4v) is 3.46. The Bertz CT molecular complexity index is 1150. The van der Waals surface area contributed by atoms with Gasteiger partial charge >= 0.3 is 0 Å². The van der Waals surface area contributed by atoms with Gasteiger partial charge in [-0.15, -0.1) is 5.10 Å². The third-order valence-corrected chi connectivity index (χ3v) is 5.08. The van der Waals surface area contributed by atoms with E-state index >= 15 is 0 Å². The first-order valence-electron chi connectivity index (χ1n) is 9.82. The van der Waals surface area contributed by atoms with Gasteiger partial charge in [0, 0.05) is 12.1 Å². The maximum atomic E-state index is 12.4. The minimum Gasteiger partial charge on any atom is -0.399 e. The van der Waals surface area contributed by atoms with E-state index in [1.807, 2.05) is 30.3 Å². The standard InChI is InChI=1S/C22H24N6O/c1-15(6-5-9-16-7-3-2-4-8-16)28-21-20(26-27-28)22(29)25-19(24-21)14-17-10-12-18(23)13-11-17/h2-4,7-8,10-13,15H,5-6,9,14,23H2,1H3,(H,24,25,29). The van der Waals surface area contributed by atoms with Gasteiger partial charge in [-0.25, -0.2) is 9.67 Å². The van der Waals surface area contributed by atoms with Crippen molar-refractivity contribution in [2.24, 2.45) is 0 Å². The molecule has 0 aliphatic carbocycles. The molecular weight excluding hydrogens is 364 g/mol. The van der Waals surface area contributed by atoms with Crippen LogP contribution in [-0.2, 0) is 12.8 Å². The molecule has 0 amide bonds. The first-order valence-corrected chi connectivity index (χ1v) is 9.82. The molecule has 2 aromatic heterocycles. The molecule has 0 saturated carbocycles. The van der Waals surface area contributed by atoms with Crippen LogP contribution < -0.4 is 11.3 Å². The number of rotatable bonds is 7. The number of anilines is 1. The van der Waals surface area contributed by atoms with E-state index in [9.17, 15) is 4.79 Å². The Balaban J connectivity index is 1.52. The lowest BCUT2D eigenvalue weighted by Gasteiger charge is -2.12. The third-order valence-electron chi connectivity index (χ3n) is 5.08. The normalized spacial score (nSPS) is 12.3. The summed E-state index contributed by atoms with van der Waals surface area (Å²) in [4.78, 5) is 19.9. The molecular formula is C22H24N6O. The number of hydrogen-bond donors (Lipinski definition) is 2. The van der Waals surface area contributed by atoms with E-state index in [2.05, 4.69) is 51.5 Å². The van der Waals surface area contributed by atoms with E-state index in [0.717, 1.165) is 24.8 Å². The smallest absolute Gasteiger partial charge is 0.281 e. The maximum absolute atomic E-state index is 12.4. The summed E-state index contributed by atoms with van der Waals surface area (Å²) in [5.41, 5.74) is 9.35. The van der Waals surface area contributed by atoms with Crippen molar-refractivity contribution < 1.29 is 0 Å². The molecule has 1 atom stereocenters. The molecule has 148 valence electrons. The number of fused-ring (bicyclic) bond motifs is 1.